The summed E-state index contributed by atoms with van der Waals surface area (Å²) < 4.78 is 12.6. The maximum absolute atomic E-state index is 13.6. The average molecular weight is 428 g/mol. The van der Waals surface area contributed by atoms with E-state index in [1.54, 1.807) is 38.1 Å². The number of nitrogens with zero attached hydrogens (tertiary/aromatic N) is 3. The zero-order valence-electron chi connectivity index (χ0n) is 16.6. The van der Waals surface area contributed by atoms with E-state index in [0.717, 1.165) is 5.56 Å². The smallest absolute Gasteiger partial charge is 0.293 e. The Hall–Kier alpha value is -3.19. The van der Waals surface area contributed by atoms with Gasteiger partial charge >= 0.3 is 0 Å². The van der Waals surface area contributed by atoms with Crippen molar-refractivity contribution < 1.29 is 19.1 Å². The molecule has 0 bridgehead atoms. The molecule has 0 aliphatic rings. The highest BCUT2D eigenvalue weighted by molar-refractivity contribution is 6.30. The van der Waals surface area contributed by atoms with Gasteiger partial charge in [-0.2, -0.15) is 5.10 Å². The summed E-state index contributed by atoms with van der Waals surface area (Å²) in [4.78, 5) is 28.7. The highest BCUT2D eigenvalue weighted by atomic mass is 35.5. The molecule has 30 heavy (non-hydrogen) atoms. The van der Waals surface area contributed by atoms with Crippen LogP contribution in [0.25, 0.3) is 0 Å². The van der Waals surface area contributed by atoms with Crippen LogP contribution in [0.3, 0.4) is 0 Å². The summed E-state index contributed by atoms with van der Waals surface area (Å²) in [6.45, 7) is 3.82. The molecule has 2 unspecified atom stereocenters. The predicted octanol–water partition coefficient (Wildman–Crippen LogP) is 3.89. The van der Waals surface area contributed by atoms with E-state index in [4.69, 9.17) is 21.1 Å². The second-order valence-electron chi connectivity index (χ2n) is 7.30. The summed E-state index contributed by atoms with van der Waals surface area (Å²) in [7, 11) is 0. The van der Waals surface area contributed by atoms with Crippen molar-refractivity contribution in [2.24, 2.45) is 5.41 Å². The molecule has 0 saturated carbocycles. The molecule has 156 valence electrons. The van der Waals surface area contributed by atoms with Gasteiger partial charge in [-0.15, -0.1) is 0 Å². The van der Waals surface area contributed by atoms with E-state index >= 15 is 0 Å². The van der Waals surface area contributed by atoms with Crippen LogP contribution in [0.2, 0.25) is 5.02 Å². The van der Waals surface area contributed by atoms with Crippen LogP contribution in [-0.2, 0) is 20.7 Å². The van der Waals surface area contributed by atoms with Gasteiger partial charge in [0.2, 0.25) is 5.78 Å². The highest BCUT2D eigenvalue weighted by Crippen LogP contribution is 2.33. The molecule has 0 saturated heterocycles. The van der Waals surface area contributed by atoms with Gasteiger partial charge in [0.15, 0.2) is 0 Å². The lowest BCUT2D eigenvalue weighted by atomic mass is 9.78. The third-order valence-corrected chi connectivity index (χ3v) is 5.14. The van der Waals surface area contributed by atoms with Gasteiger partial charge in [-0.05, 0) is 43.7 Å². The maximum atomic E-state index is 13.6. The van der Waals surface area contributed by atoms with Gasteiger partial charge in [-0.25, -0.2) is 9.67 Å². The largest absolute Gasteiger partial charge is 0.463 e. The Balaban J connectivity index is 1.90. The van der Waals surface area contributed by atoms with Crippen LogP contribution in [0.5, 0.6) is 5.75 Å². The molecule has 0 fully saturated rings. The van der Waals surface area contributed by atoms with Crippen LogP contribution in [-0.4, -0.2) is 33.1 Å². The molecule has 0 radical (unpaired) electrons. The van der Waals surface area contributed by atoms with Crippen molar-refractivity contribution >= 4 is 23.9 Å². The van der Waals surface area contributed by atoms with E-state index in [9.17, 15) is 9.59 Å². The molecule has 0 spiro atoms. The van der Waals surface area contributed by atoms with Crippen LogP contribution >= 0.6 is 11.6 Å². The number of carbonyl (C=O) groups excluding carboxylic acids is 2. The molecule has 7 nitrogen and oxygen atoms in total. The van der Waals surface area contributed by atoms with Crippen molar-refractivity contribution in [1.29, 1.82) is 0 Å². The lowest BCUT2D eigenvalue weighted by Crippen LogP contribution is -2.45. The van der Waals surface area contributed by atoms with Crippen molar-refractivity contribution in [1.82, 2.24) is 14.8 Å². The van der Waals surface area contributed by atoms with Crippen molar-refractivity contribution in [3.8, 4) is 5.75 Å². The molecular weight excluding hydrogens is 406 g/mol. The van der Waals surface area contributed by atoms with Gasteiger partial charge in [-0.3, -0.25) is 9.59 Å². The Morgan fingerprint density at radius 2 is 1.87 bits per heavy atom. The van der Waals surface area contributed by atoms with E-state index in [0.29, 0.717) is 23.7 Å². The predicted molar refractivity (Wildman–Crippen MR) is 111 cm³/mol. The number of ether oxygens (including phenoxy) is 2. The minimum Gasteiger partial charge on any atom is -0.463 e. The number of hydrogen-bond donors (Lipinski definition) is 0. The number of rotatable bonds is 10. The number of hydrogen-bond acceptors (Lipinski definition) is 6. The lowest BCUT2D eigenvalue weighted by molar-refractivity contribution is -0.153. The summed E-state index contributed by atoms with van der Waals surface area (Å²) >= 11 is 5.94. The van der Waals surface area contributed by atoms with Crippen molar-refractivity contribution in [3.63, 3.8) is 0 Å². The van der Waals surface area contributed by atoms with Crippen molar-refractivity contribution in [2.45, 2.75) is 32.6 Å². The van der Waals surface area contributed by atoms with Crippen molar-refractivity contribution in [2.75, 3.05) is 0 Å². The van der Waals surface area contributed by atoms with Crippen molar-refractivity contribution in [3.05, 3.63) is 77.8 Å². The number of Topliss-reactive ketones (excluding diaryl/α,β-unsaturated/α-hetero) is 1. The van der Waals surface area contributed by atoms with Crippen LogP contribution in [0, 0.1) is 5.41 Å². The third-order valence-electron chi connectivity index (χ3n) is 4.89. The summed E-state index contributed by atoms with van der Waals surface area (Å²) in [5.74, 6) is 0.130. The minimum absolute atomic E-state index is 0.314. The van der Waals surface area contributed by atoms with Crippen LogP contribution in [0.1, 0.15) is 25.6 Å². The highest BCUT2D eigenvalue weighted by Gasteiger charge is 2.44. The van der Waals surface area contributed by atoms with E-state index in [1.807, 2.05) is 30.3 Å². The Morgan fingerprint density at radius 3 is 2.47 bits per heavy atom. The van der Waals surface area contributed by atoms with Gasteiger partial charge in [0.25, 0.3) is 12.7 Å². The molecule has 3 aromatic rings. The molecular formula is C22H22ClN3O4. The first-order valence-corrected chi connectivity index (χ1v) is 9.73. The van der Waals surface area contributed by atoms with Gasteiger partial charge < -0.3 is 9.47 Å². The molecule has 0 aliphatic carbocycles. The standard InChI is InChI=1S/C22H22ClN3O4/c1-22(2,19(29-15-27)12-16-6-4-3-5-7-16)20(28)21(26-14-24-13-25-26)30-18-10-8-17(23)9-11-18/h3-11,13-15,19,21H,12H2,1-2H3. The van der Waals surface area contributed by atoms with Crippen LogP contribution < -0.4 is 4.74 Å². The molecule has 1 heterocycles. The van der Waals surface area contributed by atoms with Crippen LogP contribution in [0.15, 0.2) is 67.3 Å². The first-order chi connectivity index (χ1) is 14.4. The second-order valence-corrected chi connectivity index (χ2v) is 7.73. The molecule has 0 amide bonds. The maximum Gasteiger partial charge on any atom is 0.293 e. The van der Waals surface area contributed by atoms with Gasteiger partial charge in [0.1, 0.15) is 24.5 Å². The fourth-order valence-corrected chi connectivity index (χ4v) is 3.18. The fourth-order valence-electron chi connectivity index (χ4n) is 3.05. The topological polar surface area (TPSA) is 83.3 Å². The molecule has 1 aromatic heterocycles. The Kier molecular flexibility index (Phi) is 6.84. The van der Waals surface area contributed by atoms with Gasteiger partial charge in [0.05, 0.1) is 5.41 Å². The molecule has 0 N–H and O–H groups in total. The Bertz CT molecular complexity index is 960. The Labute approximate surface area is 179 Å². The normalized spacial score (nSPS) is 13.3. The summed E-state index contributed by atoms with van der Waals surface area (Å²) in [6, 6.07) is 16.2. The zero-order valence-corrected chi connectivity index (χ0v) is 17.4. The van der Waals surface area contributed by atoms with Crippen LogP contribution in [0.4, 0.5) is 0 Å². The second kappa shape index (κ2) is 9.54. The van der Waals surface area contributed by atoms with E-state index in [1.165, 1.54) is 17.3 Å². The average Bonchev–Trinajstić information content (AvgIpc) is 3.28. The number of benzene rings is 2. The lowest BCUT2D eigenvalue weighted by Gasteiger charge is -2.34. The van der Waals surface area contributed by atoms with E-state index in [2.05, 4.69) is 10.1 Å². The molecule has 2 aromatic carbocycles. The van der Waals surface area contributed by atoms with E-state index in [-0.39, 0.29) is 5.78 Å². The molecule has 8 heteroatoms. The number of halogens is 1. The number of ketones is 1. The zero-order chi connectivity index (χ0) is 21.6. The molecule has 3 rings (SSSR count). The number of carbonyl (C=O) groups is 2. The monoisotopic (exact) mass is 427 g/mol. The summed E-state index contributed by atoms with van der Waals surface area (Å²) in [5, 5.41) is 4.63. The first kappa shape index (κ1) is 21.5. The van der Waals surface area contributed by atoms with E-state index < -0.39 is 17.7 Å². The quantitative estimate of drug-likeness (QED) is 0.456. The summed E-state index contributed by atoms with van der Waals surface area (Å²) in [5.41, 5.74) is -0.138. The Morgan fingerprint density at radius 1 is 1.17 bits per heavy atom. The minimum atomic E-state index is -1.10. The molecule has 2 atom stereocenters. The third kappa shape index (κ3) is 5.04. The SMILES string of the molecule is CC(C)(C(=O)C(Oc1ccc(Cl)cc1)n1cncn1)C(Cc1ccccc1)OC=O. The summed E-state index contributed by atoms with van der Waals surface area (Å²) in [6.07, 6.45) is 1.30. The first-order valence-electron chi connectivity index (χ1n) is 9.35. The fraction of sp³-hybridized carbons (Fsp3) is 0.273. The number of aromatic nitrogens is 3. The van der Waals surface area contributed by atoms with Gasteiger partial charge in [0, 0.05) is 11.4 Å². The van der Waals surface area contributed by atoms with Gasteiger partial charge in [-0.1, -0.05) is 41.9 Å². The molecule has 0 aliphatic heterocycles.